The molecule has 2 aromatic rings. The molecular weight excluding hydrogens is 320 g/mol. The summed E-state index contributed by atoms with van der Waals surface area (Å²) in [6, 6.07) is 14.1. The molecule has 0 radical (unpaired) electrons. The lowest BCUT2D eigenvalue weighted by molar-refractivity contribution is -0.121. The smallest absolute Gasteiger partial charge is 0.220 e. The van der Waals surface area contributed by atoms with E-state index in [9.17, 15) is 9.59 Å². The molecule has 0 aliphatic carbocycles. The number of hydrogen-bond acceptors (Lipinski definition) is 4. The minimum absolute atomic E-state index is 0.0357. The molecule has 0 aliphatic heterocycles. The molecule has 4 nitrogen and oxygen atoms in total. The number of carbonyl (C=O) groups is 2. The Labute approximate surface area is 147 Å². The Morgan fingerprint density at radius 3 is 2.46 bits per heavy atom. The summed E-state index contributed by atoms with van der Waals surface area (Å²) in [7, 11) is 4.03. The van der Waals surface area contributed by atoms with Gasteiger partial charge in [0.25, 0.3) is 0 Å². The highest BCUT2D eigenvalue weighted by Crippen LogP contribution is 2.12. The normalized spacial score (nSPS) is 12.1. The summed E-state index contributed by atoms with van der Waals surface area (Å²) in [6.07, 6.45) is 1.38. The van der Waals surface area contributed by atoms with E-state index in [1.54, 1.807) is 6.07 Å². The first-order valence-electron chi connectivity index (χ1n) is 8.10. The second-order valence-electron chi connectivity index (χ2n) is 6.01. The number of thiophene rings is 1. The van der Waals surface area contributed by atoms with E-state index < -0.39 is 0 Å². The molecule has 0 bridgehead atoms. The quantitative estimate of drug-likeness (QED) is 0.712. The molecule has 0 saturated carbocycles. The van der Waals surface area contributed by atoms with Gasteiger partial charge in [0.1, 0.15) is 0 Å². The van der Waals surface area contributed by atoms with Gasteiger partial charge in [0.2, 0.25) is 5.91 Å². The van der Waals surface area contributed by atoms with Gasteiger partial charge in [-0.05, 0) is 37.5 Å². The van der Waals surface area contributed by atoms with Crippen molar-refractivity contribution < 1.29 is 9.59 Å². The van der Waals surface area contributed by atoms with E-state index in [-0.39, 0.29) is 30.6 Å². The molecule has 1 heterocycles. The second-order valence-corrected chi connectivity index (χ2v) is 6.96. The van der Waals surface area contributed by atoms with Crippen molar-refractivity contribution in [1.29, 1.82) is 0 Å². The lowest BCUT2D eigenvalue weighted by Gasteiger charge is -2.24. The number of Topliss-reactive ketones (excluding diaryl/α,β-unsaturated/α-hetero) is 1. The van der Waals surface area contributed by atoms with Gasteiger partial charge in [-0.15, -0.1) is 11.3 Å². The van der Waals surface area contributed by atoms with Crippen molar-refractivity contribution in [2.24, 2.45) is 0 Å². The molecule has 1 N–H and O–H groups in total. The second kappa shape index (κ2) is 9.35. The molecule has 1 amide bonds. The Kier molecular flexibility index (Phi) is 7.15. The first-order valence-corrected chi connectivity index (χ1v) is 8.98. The Morgan fingerprint density at radius 1 is 1.08 bits per heavy atom. The van der Waals surface area contributed by atoms with E-state index in [1.165, 1.54) is 16.9 Å². The summed E-state index contributed by atoms with van der Waals surface area (Å²) in [4.78, 5) is 26.8. The summed E-state index contributed by atoms with van der Waals surface area (Å²) in [5, 5.41) is 4.83. The van der Waals surface area contributed by atoms with Crippen LogP contribution in [0.5, 0.6) is 0 Å². The molecule has 2 rings (SSSR count). The Morgan fingerprint density at radius 2 is 1.83 bits per heavy atom. The van der Waals surface area contributed by atoms with Crippen LogP contribution in [0.4, 0.5) is 0 Å². The third-order valence-electron chi connectivity index (χ3n) is 3.95. The predicted molar refractivity (Wildman–Crippen MR) is 98.5 cm³/mol. The molecular formula is C19H24N2O2S. The molecule has 1 atom stereocenters. The Balaban J connectivity index is 1.76. The number of hydrogen-bond donors (Lipinski definition) is 1. The Hall–Kier alpha value is -1.98. The van der Waals surface area contributed by atoms with Gasteiger partial charge in [0, 0.05) is 25.4 Å². The van der Waals surface area contributed by atoms with E-state index in [4.69, 9.17) is 0 Å². The fraction of sp³-hybridized carbons (Fsp3) is 0.368. The van der Waals surface area contributed by atoms with E-state index in [0.29, 0.717) is 6.54 Å². The number of nitrogens with zero attached hydrogens (tertiary/aromatic N) is 1. The van der Waals surface area contributed by atoms with Crippen molar-refractivity contribution in [3.63, 3.8) is 0 Å². The monoisotopic (exact) mass is 344 g/mol. The van der Waals surface area contributed by atoms with Crippen LogP contribution in [0.2, 0.25) is 0 Å². The van der Waals surface area contributed by atoms with Crippen molar-refractivity contribution in [2.45, 2.75) is 25.3 Å². The number of nitrogens with one attached hydrogen (secondary N) is 1. The van der Waals surface area contributed by atoms with Crippen molar-refractivity contribution in [3.8, 4) is 0 Å². The molecule has 0 fully saturated rings. The maximum atomic E-state index is 12.0. The molecule has 0 aliphatic rings. The van der Waals surface area contributed by atoms with Crippen molar-refractivity contribution in [3.05, 3.63) is 58.3 Å². The molecule has 5 heteroatoms. The maximum absolute atomic E-state index is 12.0. The largest absolute Gasteiger partial charge is 0.355 e. The molecule has 0 saturated heterocycles. The lowest BCUT2D eigenvalue weighted by Crippen LogP contribution is -2.41. The molecule has 1 aromatic heterocycles. The zero-order chi connectivity index (χ0) is 17.4. The van der Waals surface area contributed by atoms with E-state index in [0.717, 1.165) is 11.3 Å². The fourth-order valence-electron chi connectivity index (χ4n) is 2.43. The van der Waals surface area contributed by atoms with Crippen molar-refractivity contribution in [1.82, 2.24) is 10.2 Å². The number of ketones is 1. The van der Waals surface area contributed by atoms with E-state index in [2.05, 4.69) is 22.3 Å². The molecule has 0 spiro atoms. The minimum atomic E-state index is -0.0696. The average Bonchev–Trinajstić information content (AvgIpc) is 3.11. The van der Waals surface area contributed by atoms with Crippen LogP contribution in [0.15, 0.2) is 47.8 Å². The third-order valence-corrected chi connectivity index (χ3v) is 4.87. The van der Waals surface area contributed by atoms with Crippen LogP contribution in [0.3, 0.4) is 0 Å². The van der Waals surface area contributed by atoms with Gasteiger partial charge in [-0.2, -0.15) is 0 Å². The lowest BCUT2D eigenvalue weighted by atomic mass is 10.1. The van der Waals surface area contributed by atoms with Gasteiger partial charge < -0.3 is 10.2 Å². The zero-order valence-electron chi connectivity index (χ0n) is 14.2. The number of carbonyl (C=O) groups excluding carboxylic acids is 2. The SMILES string of the molecule is CN(C)C(CNC(=O)CCC(=O)c1cccs1)Cc1ccccc1. The van der Waals surface area contributed by atoms with Gasteiger partial charge in [-0.1, -0.05) is 36.4 Å². The van der Waals surface area contributed by atoms with Crippen LogP contribution < -0.4 is 5.32 Å². The summed E-state index contributed by atoms with van der Waals surface area (Å²) in [6.45, 7) is 0.577. The maximum Gasteiger partial charge on any atom is 0.220 e. The van der Waals surface area contributed by atoms with Crippen LogP contribution in [0.25, 0.3) is 0 Å². The number of benzene rings is 1. The van der Waals surface area contributed by atoms with Gasteiger partial charge in [-0.25, -0.2) is 0 Å². The summed E-state index contributed by atoms with van der Waals surface area (Å²) in [5.74, 6) is -0.0339. The highest BCUT2D eigenvalue weighted by molar-refractivity contribution is 7.12. The number of likely N-dealkylation sites (N-methyl/N-ethyl adjacent to an activating group) is 1. The van der Waals surface area contributed by atoms with Gasteiger partial charge >= 0.3 is 0 Å². The zero-order valence-corrected chi connectivity index (χ0v) is 15.0. The molecule has 1 unspecified atom stereocenters. The van der Waals surface area contributed by atoms with Crippen LogP contribution >= 0.6 is 11.3 Å². The topological polar surface area (TPSA) is 49.4 Å². The number of rotatable bonds is 9. The summed E-state index contributed by atoms with van der Waals surface area (Å²) < 4.78 is 0. The minimum Gasteiger partial charge on any atom is -0.355 e. The average molecular weight is 344 g/mol. The predicted octanol–water partition coefficient (Wildman–Crippen LogP) is 3.00. The standard InChI is InChI=1S/C19H24N2O2S/c1-21(2)16(13-15-7-4-3-5-8-15)14-20-19(23)11-10-17(22)18-9-6-12-24-18/h3-9,12,16H,10-11,13-14H2,1-2H3,(H,20,23). The van der Waals surface area contributed by atoms with Crippen LogP contribution in [-0.2, 0) is 11.2 Å². The third kappa shape index (κ3) is 5.91. The summed E-state index contributed by atoms with van der Waals surface area (Å²) in [5.41, 5.74) is 1.25. The van der Waals surface area contributed by atoms with Crippen LogP contribution in [0.1, 0.15) is 28.1 Å². The Bertz CT molecular complexity index is 639. The van der Waals surface area contributed by atoms with Gasteiger partial charge in [-0.3, -0.25) is 9.59 Å². The molecule has 24 heavy (non-hydrogen) atoms. The highest BCUT2D eigenvalue weighted by atomic mass is 32.1. The van der Waals surface area contributed by atoms with E-state index in [1.807, 2.05) is 43.7 Å². The van der Waals surface area contributed by atoms with Gasteiger partial charge in [0.15, 0.2) is 5.78 Å². The van der Waals surface area contributed by atoms with Gasteiger partial charge in [0.05, 0.1) is 4.88 Å². The van der Waals surface area contributed by atoms with Crippen LogP contribution in [0, 0.1) is 0 Å². The first kappa shape index (κ1) is 18.4. The van der Waals surface area contributed by atoms with E-state index >= 15 is 0 Å². The first-order chi connectivity index (χ1) is 11.6. The number of amides is 1. The fourth-order valence-corrected chi connectivity index (χ4v) is 3.13. The highest BCUT2D eigenvalue weighted by Gasteiger charge is 2.15. The van der Waals surface area contributed by atoms with Crippen molar-refractivity contribution in [2.75, 3.05) is 20.6 Å². The van der Waals surface area contributed by atoms with Crippen molar-refractivity contribution >= 4 is 23.0 Å². The molecule has 128 valence electrons. The molecule has 1 aromatic carbocycles. The summed E-state index contributed by atoms with van der Waals surface area (Å²) >= 11 is 1.42. The van der Waals surface area contributed by atoms with Crippen LogP contribution in [-0.4, -0.2) is 43.3 Å².